The molecular formula is C21H26N6O4S. The van der Waals surface area contributed by atoms with Gasteiger partial charge in [0.25, 0.3) is 0 Å². The molecule has 0 saturated carbocycles. The maximum atomic E-state index is 13.1. The van der Waals surface area contributed by atoms with Crippen molar-refractivity contribution in [2.75, 3.05) is 42.5 Å². The molecule has 11 heteroatoms. The molecule has 10 nitrogen and oxygen atoms in total. The molecule has 2 fully saturated rings. The normalized spacial score (nSPS) is 20.7. The van der Waals surface area contributed by atoms with Gasteiger partial charge in [-0.3, -0.25) is 4.98 Å². The third-order valence-corrected chi connectivity index (χ3v) is 8.22. The monoisotopic (exact) mass is 458 g/mol. The highest BCUT2D eigenvalue weighted by molar-refractivity contribution is 7.89. The predicted molar refractivity (Wildman–Crippen MR) is 120 cm³/mol. The first-order valence-corrected chi connectivity index (χ1v) is 12.3. The smallest absolute Gasteiger partial charge is 0.408 e. The van der Waals surface area contributed by atoms with Gasteiger partial charge in [-0.1, -0.05) is 0 Å². The van der Waals surface area contributed by atoms with E-state index in [9.17, 15) is 13.2 Å². The Kier molecular flexibility index (Phi) is 5.38. The summed E-state index contributed by atoms with van der Waals surface area (Å²) in [4.78, 5) is 18.3. The number of H-pyrrole nitrogens is 1. The maximum absolute atomic E-state index is 13.1. The molecule has 2 aromatic heterocycles. The highest BCUT2D eigenvalue weighted by Crippen LogP contribution is 2.25. The number of piperazine rings is 1. The van der Waals surface area contributed by atoms with Gasteiger partial charge in [0.15, 0.2) is 17.2 Å². The van der Waals surface area contributed by atoms with E-state index in [0.717, 1.165) is 18.2 Å². The van der Waals surface area contributed by atoms with E-state index in [1.807, 2.05) is 12.1 Å². The van der Waals surface area contributed by atoms with E-state index in [1.54, 1.807) is 0 Å². The minimum atomic E-state index is -3.68. The number of nitrogens with one attached hydrogen (secondary N) is 1. The molecule has 3 aromatic rings. The Hall–Kier alpha value is -2.92. The van der Waals surface area contributed by atoms with Crippen LogP contribution in [-0.4, -0.2) is 66.7 Å². The van der Waals surface area contributed by atoms with Gasteiger partial charge in [0.2, 0.25) is 10.0 Å². The molecule has 32 heavy (non-hydrogen) atoms. The molecule has 170 valence electrons. The zero-order valence-corrected chi connectivity index (χ0v) is 18.7. The molecule has 0 radical (unpaired) electrons. The van der Waals surface area contributed by atoms with Gasteiger partial charge < -0.3 is 14.2 Å². The molecule has 2 aliphatic rings. The number of aromatic nitrogens is 3. The molecule has 1 atom stereocenters. The SMILES string of the molecule is CC1CCCCN1c1ccc(N2CCN(S(=O)(=O)c3ccc4oc(=O)[nH]c4c3)CC2)nn1. The summed E-state index contributed by atoms with van der Waals surface area (Å²) in [5.41, 5.74) is 0.702. The van der Waals surface area contributed by atoms with Gasteiger partial charge in [0.1, 0.15) is 0 Å². The summed E-state index contributed by atoms with van der Waals surface area (Å²) in [5, 5.41) is 8.85. The number of piperidine rings is 1. The third-order valence-electron chi connectivity index (χ3n) is 6.32. The van der Waals surface area contributed by atoms with Gasteiger partial charge in [-0.05, 0) is 56.5 Å². The van der Waals surface area contributed by atoms with Gasteiger partial charge in [0, 0.05) is 38.8 Å². The van der Waals surface area contributed by atoms with Crippen LogP contribution in [0.5, 0.6) is 0 Å². The molecule has 1 aromatic carbocycles. The number of anilines is 2. The van der Waals surface area contributed by atoms with Crippen molar-refractivity contribution in [1.82, 2.24) is 19.5 Å². The van der Waals surface area contributed by atoms with Crippen molar-refractivity contribution in [1.29, 1.82) is 0 Å². The Morgan fingerprint density at radius 1 is 1.00 bits per heavy atom. The number of aromatic amines is 1. The zero-order valence-electron chi connectivity index (χ0n) is 17.9. The molecule has 0 spiro atoms. The van der Waals surface area contributed by atoms with Gasteiger partial charge in [-0.15, -0.1) is 10.2 Å². The zero-order chi connectivity index (χ0) is 22.3. The quantitative estimate of drug-likeness (QED) is 0.629. The predicted octanol–water partition coefficient (Wildman–Crippen LogP) is 1.80. The topological polar surface area (TPSA) is 116 Å². The van der Waals surface area contributed by atoms with Gasteiger partial charge >= 0.3 is 5.76 Å². The highest BCUT2D eigenvalue weighted by atomic mass is 32.2. The molecule has 5 rings (SSSR count). The van der Waals surface area contributed by atoms with Crippen LogP contribution in [-0.2, 0) is 10.0 Å². The Balaban J connectivity index is 1.26. The summed E-state index contributed by atoms with van der Waals surface area (Å²) < 4.78 is 32.6. The van der Waals surface area contributed by atoms with Crippen LogP contribution in [0, 0.1) is 0 Å². The Bertz CT molecular complexity index is 1260. The molecule has 0 bridgehead atoms. The Morgan fingerprint density at radius 3 is 2.47 bits per heavy atom. The van der Waals surface area contributed by atoms with E-state index in [-0.39, 0.29) is 4.90 Å². The van der Waals surface area contributed by atoms with Crippen molar-refractivity contribution in [2.24, 2.45) is 0 Å². The fraction of sp³-hybridized carbons (Fsp3) is 0.476. The van der Waals surface area contributed by atoms with Gasteiger partial charge in [-0.25, -0.2) is 13.2 Å². The van der Waals surface area contributed by atoms with Crippen LogP contribution in [0.2, 0.25) is 0 Å². The minimum absolute atomic E-state index is 0.135. The first-order chi connectivity index (χ1) is 15.4. The summed E-state index contributed by atoms with van der Waals surface area (Å²) in [5.74, 6) is 1.05. The third kappa shape index (κ3) is 3.86. The van der Waals surface area contributed by atoms with Crippen LogP contribution in [0.15, 0.2) is 44.4 Å². The number of hydrogen-bond acceptors (Lipinski definition) is 8. The molecule has 0 amide bonds. The lowest BCUT2D eigenvalue weighted by atomic mass is 10.0. The summed E-state index contributed by atoms with van der Waals surface area (Å²) in [7, 11) is -3.68. The average molecular weight is 459 g/mol. The number of rotatable bonds is 4. The Labute approximate surface area is 185 Å². The lowest BCUT2D eigenvalue weighted by Gasteiger charge is -2.35. The van der Waals surface area contributed by atoms with E-state index < -0.39 is 15.8 Å². The van der Waals surface area contributed by atoms with Crippen molar-refractivity contribution in [2.45, 2.75) is 37.1 Å². The summed E-state index contributed by atoms with van der Waals surface area (Å²) >= 11 is 0. The first kappa shape index (κ1) is 21.0. The fourth-order valence-electron chi connectivity index (χ4n) is 4.48. The second kappa shape index (κ2) is 8.21. The average Bonchev–Trinajstić information content (AvgIpc) is 3.19. The lowest BCUT2D eigenvalue weighted by molar-refractivity contribution is 0.383. The van der Waals surface area contributed by atoms with E-state index in [2.05, 4.69) is 31.9 Å². The summed E-state index contributed by atoms with van der Waals surface area (Å²) in [6, 6.07) is 8.85. The first-order valence-electron chi connectivity index (χ1n) is 10.9. The molecule has 2 saturated heterocycles. The van der Waals surface area contributed by atoms with Crippen LogP contribution in [0.25, 0.3) is 11.1 Å². The number of benzene rings is 1. The van der Waals surface area contributed by atoms with E-state index >= 15 is 0 Å². The number of sulfonamides is 1. The van der Waals surface area contributed by atoms with Crippen molar-refractivity contribution < 1.29 is 12.8 Å². The maximum Gasteiger partial charge on any atom is 0.417 e. The molecule has 4 heterocycles. The summed E-state index contributed by atoms with van der Waals surface area (Å²) in [6.07, 6.45) is 3.60. The van der Waals surface area contributed by atoms with E-state index in [4.69, 9.17) is 4.42 Å². The number of hydrogen-bond donors (Lipinski definition) is 1. The molecule has 2 aliphatic heterocycles. The molecule has 0 aliphatic carbocycles. The second-order valence-corrected chi connectivity index (χ2v) is 10.3. The minimum Gasteiger partial charge on any atom is -0.408 e. The molecule has 1 unspecified atom stereocenters. The van der Waals surface area contributed by atoms with E-state index in [1.165, 1.54) is 41.8 Å². The number of fused-ring (bicyclic) bond motifs is 1. The highest BCUT2D eigenvalue weighted by Gasteiger charge is 2.30. The largest absolute Gasteiger partial charge is 0.417 e. The van der Waals surface area contributed by atoms with Gasteiger partial charge in [-0.2, -0.15) is 4.31 Å². The van der Waals surface area contributed by atoms with Crippen LogP contribution >= 0.6 is 0 Å². The van der Waals surface area contributed by atoms with Crippen molar-refractivity contribution in [3.63, 3.8) is 0 Å². The molecule has 1 N–H and O–H groups in total. The fourth-order valence-corrected chi connectivity index (χ4v) is 5.93. The van der Waals surface area contributed by atoms with Crippen molar-refractivity contribution in [3.05, 3.63) is 40.9 Å². The number of nitrogens with zero attached hydrogens (tertiary/aromatic N) is 5. The lowest BCUT2D eigenvalue weighted by Crippen LogP contribution is -2.49. The van der Waals surface area contributed by atoms with E-state index in [0.29, 0.717) is 43.3 Å². The van der Waals surface area contributed by atoms with Gasteiger partial charge in [0.05, 0.1) is 10.4 Å². The number of oxazole rings is 1. The van der Waals surface area contributed by atoms with Crippen molar-refractivity contribution in [3.8, 4) is 0 Å². The standard InChI is InChI=1S/C21H26N6O4S/c1-15-4-2-3-9-27(15)20-8-7-19(23-24-20)25-10-12-26(13-11-25)32(29,30)16-5-6-18-17(14-16)22-21(28)31-18/h5-8,14-15H,2-4,9-13H2,1H3,(H,22,28). The Morgan fingerprint density at radius 2 is 1.75 bits per heavy atom. The van der Waals surface area contributed by atoms with Crippen LogP contribution in [0.1, 0.15) is 26.2 Å². The van der Waals surface area contributed by atoms with Crippen LogP contribution < -0.4 is 15.6 Å². The van der Waals surface area contributed by atoms with Crippen molar-refractivity contribution >= 4 is 32.8 Å². The summed E-state index contributed by atoms with van der Waals surface area (Å²) in [6.45, 7) is 4.96. The second-order valence-electron chi connectivity index (χ2n) is 8.35. The van der Waals surface area contributed by atoms with Crippen LogP contribution in [0.4, 0.5) is 11.6 Å². The van der Waals surface area contributed by atoms with Crippen LogP contribution in [0.3, 0.4) is 0 Å². The molecular weight excluding hydrogens is 432 g/mol.